The number of ether oxygens (including phenoxy) is 3. The molecular formula is C40H39FN2O14. The first-order valence-electron chi connectivity index (χ1n) is 17.9. The lowest BCUT2D eigenvalue weighted by atomic mass is 9.56. The average molecular weight is 791 g/mol. The second kappa shape index (κ2) is 14.3. The van der Waals surface area contributed by atoms with Crippen LogP contribution in [0.1, 0.15) is 87.4 Å². The summed E-state index contributed by atoms with van der Waals surface area (Å²) in [6.07, 6.45) is -7.43. The predicted octanol–water partition coefficient (Wildman–Crippen LogP) is 0.984. The number of aliphatic hydroxyl groups excluding tert-OH is 3. The molecule has 8 atom stereocenters. The molecule has 0 unspecified atom stereocenters. The second-order valence-corrected chi connectivity index (χ2v) is 14.6. The van der Waals surface area contributed by atoms with Crippen molar-refractivity contribution >= 4 is 34.8 Å². The van der Waals surface area contributed by atoms with E-state index in [0.29, 0.717) is 5.56 Å². The third kappa shape index (κ3) is 5.67. The fourth-order valence-corrected chi connectivity index (χ4v) is 8.74. The van der Waals surface area contributed by atoms with Crippen molar-refractivity contribution < 1.29 is 73.2 Å². The van der Waals surface area contributed by atoms with Gasteiger partial charge in [0.2, 0.25) is 17.3 Å². The Morgan fingerprint density at radius 2 is 1.70 bits per heavy atom. The highest BCUT2D eigenvalue weighted by Gasteiger charge is 2.72. The number of phenols is 2. The molecule has 16 nitrogen and oxygen atoms in total. The van der Waals surface area contributed by atoms with Gasteiger partial charge in [0.15, 0.2) is 23.2 Å². The summed E-state index contributed by atoms with van der Waals surface area (Å²) in [7, 11) is 2.24. The molecule has 7 rings (SSSR count). The van der Waals surface area contributed by atoms with Gasteiger partial charge in [0.05, 0.1) is 59.7 Å². The number of Topliss-reactive ketones (excluding diaryl/α,β-unsaturated/α-hetero) is 4. The largest absolute Gasteiger partial charge is 0.507 e. The number of phenolic OH excluding ortho intramolecular Hbond substituents is 2. The molecule has 7 N–H and O–H groups in total. The van der Waals surface area contributed by atoms with E-state index in [4.69, 9.17) is 14.2 Å². The maximum absolute atomic E-state index is 14.8. The number of ketones is 4. The first-order chi connectivity index (χ1) is 27.0. The van der Waals surface area contributed by atoms with Crippen molar-refractivity contribution in [2.45, 2.75) is 75.1 Å². The summed E-state index contributed by atoms with van der Waals surface area (Å²) in [5, 5.41) is 71.1. The summed E-state index contributed by atoms with van der Waals surface area (Å²) in [6.45, 7) is 2.26. The Bertz CT molecular complexity index is 2290. The number of rotatable bonds is 7. The number of benzene rings is 3. The minimum absolute atomic E-state index is 0.0340. The number of carbonyl (C=O) groups is 5. The molecular weight excluding hydrogens is 751 g/mol. The number of halogens is 1. The number of amides is 1. The van der Waals surface area contributed by atoms with Gasteiger partial charge in [-0.15, -0.1) is 0 Å². The van der Waals surface area contributed by atoms with Crippen molar-refractivity contribution in [1.82, 2.24) is 5.32 Å². The molecule has 0 aromatic heterocycles. The molecule has 3 aromatic carbocycles. The van der Waals surface area contributed by atoms with Crippen molar-refractivity contribution in [2.24, 2.45) is 10.9 Å². The topological polar surface area (TPSA) is 259 Å². The van der Waals surface area contributed by atoms with Gasteiger partial charge in [0.25, 0.3) is 5.91 Å². The van der Waals surface area contributed by atoms with Crippen LogP contribution in [0.2, 0.25) is 0 Å². The minimum Gasteiger partial charge on any atom is -0.507 e. The first-order valence-corrected chi connectivity index (χ1v) is 17.9. The number of aliphatic imine (C=N–C) groups is 1. The van der Waals surface area contributed by atoms with E-state index < -0.39 is 153 Å². The third-order valence-corrected chi connectivity index (χ3v) is 11.6. The Hall–Kier alpha value is -5.27. The quantitative estimate of drug-likeness (QED) is 0.176. The van der Waals surface area contributed by atoms with E-state index in [1.54, 1.807) is 6.92 Å². The molecule has 0 radical (unpaired) electrons. The lowest BCUT2D eigenvalue weighted by Gasteiger charge is -2.53. The number of aliphatic hydroxyl groups is 4. The highest BCUT2D eigenvalue weighted by Crippen LogP contribution is 2.56. The number of hydrogen-bond donors (Lipinski definition) is 7. The van der Waals surface area contributed by atoms with Gasteiger partial charge < -0.3 is 50.2 Å². The van der Waals surface area contributed by atoms with E-state index in [9.17, 15) is 59.0 Å². The molecule has 4 aliphatic rings. The van der Waals surface area contributed by atoms with Gasteiger partial charge in [-0.2, -0.15) is 0 Å². The number of aryl methyl sites for hydroxylation is 1. The lowest BCUT2D eigenvalue weighted by Crippen LogP contribution is -2.73. The molecule has 1 saturated heterocycles. The highest BCUT2D eigenvalue weighted by molar-refractivity contribution is 6.53. The van der Waals surface area contributed by atoms with E-state index in [2.05, 4.69) is 10.3 Å². The molecule has 1 fully saturated rings. The molecule has 3 aromatic rings. The van der Waals surface area contributed by atoms with Crippen LogP contribution in [0.4, 0.5) is 4.39 Å². The number of methoxy groups -OCH3 is 2. The second-order valence-electron chi connectivity index (χ2n) is 14.6. The van der Waals surface area contributed by atoms with Crippen LogP contribution in [0.15, 0.2) is 41.4 Å². The summed E-state index contributed by atoms with van der Waals surface area (Å²) in [5.41, 5.74) is -9.93. The summed E-state index contributed by atoms with van der Waals surface area (Å²) in [4.78, 5) is 75.0. The van der Waals surface area contributed by atoms with E-state index in [1.807, 2.05) is 0 Å². The zero-order valence-corrected chi connectivity index (χ0v) is 31.0. The van der Waals surface area contributed by atoms with Gasteiger partial charge >= 0.3 is 0 Å². The van der Waals surface area contributed by atoms with Gasteiger partial charge in [-0.05, 0) is 48.7 Å². The standard InChI is InChI=1S/C40H39FN2O14/c1-15-9-18-10-25(46)40(56-4)36(52)28-21(35(51)39(40,54)29(18)33(50)26(15)37(53)42-13-17-5-7-19(41)8-6-17)11-20-27(32(28)49)24(45)12-23(30(20)47)43-38-22(14-44)31(48)34(55-3)16(2)57-38/h5-9,11,16,22,25,31,34,38,44,46,48-50,54H,10,12-14H2,1-4H3,(H,42,53)/t16-,22+,25+,31-,34-,38-,39-,40+/m0/s1. The Balaban J connectivity index is 1.35. The van der Waals surface area contributed by atoms with Gasteiger partial charge in [-0.25, -0.2) is 4.39 Å². The molecule has 1 heterocycles. The predicted molar refractivity (Wildman–Crippen MR) is 193 cm³/mol. The summed E-state index contributed by atoms with van der Waals surface area (Å²) in [6, 6.07) is 7.38. The third-order valence-electron chi connectivity index (χ3n) is 11.6. The monoisotopic (exact) mass is 790 g/mol. The van der Waals surface area contributed by atoms with Crippen LogP contribution in [0.5, 0.6) is 11.5 Å². The number of nitrogens with zero attached hydrogens (tertiary/aromatic N) is 1. The zero-order valence-electron chi connectivity index (χ0n) is 31.0. The van der Waals surface area contributed by atoms with Gasteiger partial charge in [-0.3, -0.25) is 29.0 Å². The molecule has 1 aliphatic heterocycles. The van der Waals surface area contributed by atoms with Gasteiger partial charge in [-0.1, -0.05) is 18.2 Å². The number of nitrogens with one attached hydrogen (secondary N) is 1. The number of aromatic hydroxyl groups is 2. The van der Waals surface area contributed by atoms with Gasteiger partial charge in [0, 0.05) is 43.9 Å². The Kier molecular flexibility index (Phi) is 10.0. The van der Waals surface area contributed by atoms with Crippen molar-refractivity contribution in [3.63, 3.8) is 0 Å². The van der Waals surface area contributed by atoms with Crippen molar-refractivity contribution in [3.05, 3.63) is 92.3 Å². The normalized spacial score (nSPS) is 30.1. The lowest BCUT2D eigenvalue weighted by molar-refractivity contribution is -0.206. The van der Waals surface area contributed by atoms with Crippen LogP contribution in [-0.4, -0.2) is 122 Å². The zero-order chi connectivity index (χ0) is 41.5. The fourth-order valence-electron chi connectivity index (χ4n) is 8.74. The Morgan fingerprint density at radius 3 is 2.33 bits per heavy atom. The molecule has 0 bridgehead atoms. The van der Waals surface area contributed by atoms with Crippen molar-refractivity contribution in [2.75, 3.05) is 20.8 Å². The molecule has 3 aliphatic carbocycles. The van der Waals surface area contributed by atoms with E-state index in [1.165, 1.54) is 44.4 Å². The number of carbonyl (C=O) groups excluding carboxylic acids is 5. The number of hydrogen-bond acceptors (Lipinski definition) is 15. The van der Waals surface area contributed by atoms with E-state index in [0.717, 1.165) is 13.2 Å². The molecule has 57 heavy (non-hydrogen) atoms. The van der Waals surface area contributed by atoms with Gasteiger partial charge in [0.1, 0.15) is 23.4 Å². The minimum atomic E-state index is -3.30. The van der Waals surface area contributed by atoms with Crippen LogP contribution < -0.4 is 5.32 Å². The Morgan fingerprint density at radius 1 is 1.02 bits per heavy atom. The molecule has 300 valence electrons. The van der Waals surface area contributed by atoms with Crippen molar-refractivity contribution in [1.29, 1.82) is 0 Å². The van der Waals surface area contributed by atoms with Crippen LogP contribution in [0, 0.1) is 18.7 Å². The summed E-state index contributed by atoms with van der Waals surface area (Å²) >= 11 is 0. The highest BCUT2D eigenvalue weighted by atomic mass is 19.1. The molecule has 17 heteroatoms. The Labute approximate surface area is 323 Å². The van der Waals surface area contributed by atoms with E-state index in [-0.39, 0.29) is 17.7 Å². The van der Waals surface area contributed by atoms with E-state index >= 15 is 0 Å². The van der Waals surface area contributed by atoms with Crippen LogP contribution in [0.3, 0.4) is 0 Å². The summed E-state index contributed by atoms with van der Waals surface area (Å²) < 4.78 is 30.1. The van der Waals surface area contributed by atoms with Crippen LogP contribution in [-0.2, 0) is 32.8 Å². The molecule has 0 saturated carbocycles. The van der Waals surface area contributed by atoms with Crippen LogP contribution >= 0.6 is 0 Å². The fraction of sp³-hybridized carbons (Fsp3) is 0.400. The first kappa shape index (κ1) is 39.9. The van der Waals surface area contributed by atoms with Crippen molar-refractivity contribution in [3.8, 4) is 11.5 Å². The molecule has 1 amide bonds. The maximum atomic E-state index is 14.8. The smallest absolute Gasteiger partial charge is 0.255 e. The average Bonchev–Trinajstić information content (AvgIpc) is 3.15. The number of fused-ring (bicyclic) bond motifs is 5. The van der Waals surface area contributed by atoms with Crippen LogP contribution in [0.25, 0.3) is 0 Å². The molecule has 0 spiro atoms. The maximum Gasteiger partial charge on any atom is 0.255 e. The SMILES string of the molecule is CO[C@@H]1[C@@H](O)[C@@H](CO)[C@@H](N=C2CC(=O)c3c(cc4c(c3O)C(=O)[C@]3(OC)[C@H](O)Cc5cc(C)c(C(=O)NCc6ccc(F)cc6)c(O)c5[C@]3(O)C4=O)C2=O)O[C@H]1C. The summed E-state index contributed by atoms with van der Waals surface area (Å²) in [5.74, 6) is -9.18.